The Morgan fingerprint density at radius 3 is 2.88 bits per heavy atom. The number of aromatic amines is 2. The zero-order chi connectivity index (χ0) is 18.3. The number of carbonyl (C=O) groups excluding carboxylic acids is 2. The smallest absolute Gasteiger partial charge is 0.254 e. The summed E-state index contributed by atoms with van der Waals surface area (Å²) in [6.07, 6.45) is 2.17. The van der Waals surface area contributed by atoms with Crippen molar-refractivity contribution in [1.82, 2.24) is 15.3 Å². The van der Waals surface area contributed by atoms with Crippen LogP contribution in [0.3, 0.4) is 0 Å². The molecule has 1 amide bonds. The Labute approximate surface area is 150 Å². The molecular formula is C20H21N3O3. The van der Waals surface area contributed by atoms with Crippen LogP contribution in [-0.4, -0.2) is 28.8 Å². The fraction of sp³-hybridized carbons (Fsp3) is 0.300. The molecule has 2 heterocycles. The third-order valence-corrected chi connectivity index (χ3v) is 4.92. The Hall–Kier alpha value is -3.02. The first-order valence-corrected chi connectivity index (χ1v) is 8.75. The number of rotatable bonds is 4. The molecule has 0 fully saturated rings. The lowest BCUT2D eigenvalue weighted by Gasteiger charge is -2.11. The molecule has 0 saturated carbocycles. The molecule has 3 N–H and O–H groups in total. The van der Waals surface area contributed by atoms with Crippen LogP contribution in [0.2, 0.25) is 0 Å². The van der Waals surface area contributed by atoms with E-state index in [9.17, 15) is 9.59 Å². The minimum absolute atomic E-state index is 0.0541. The molecule has 6 nitrogen and oxygen atoms in total. The summed E-state index contributed by atoms with van der Waals surface area (Å²) in [4.78, 5) is 31.5. The predicted molar refractivity (Wildman–Crippen MR) is 98.8 cm³/mol. The molecule has 0 aliphatic heterocycles. The summed E-state index contributed by atoms with van der Waals surface area (Å²) >= 11 is 0. The minimum atomic E-state index is -0.216. The Morgan fingerprint density at radius 1 is 1.23 bits per heavy atom. The lowest BCUT2D eigenvalue weighted by Crippen LogP contribution is -2.25. The maximum atomic E-state index is 12.7. The molecule has 134 valence electrons. The van der Waals surface area contributed by atoms with Crippen LogP contribution in [0, 0.1) is 6.92 Å². The van der Waals surface area contributed by atoms with Gasteiger partial charge >= 0.3 is 0 Å². The number of aryl methyl sites for hydroxylation is 2. The highest BCUT2D eigenvalue weighted by atomic mass is 16.5. The maximum absolute atomic E-state index is 12.7. The monoisotopic (exact) mass is 351 g/mol. The van der Waals surface area contributed by atoms with Gasteiger partial charge in [-0.1, -0.05) is 0 Å². The third kappa shape index (κ3) is 2.77. The van der Waals surface area contributed by atoms with E-state index in [1.807, 2.05) is 31.2 Å². The second kappa shape index (κ2) is 6.37. The fourth-order valence-corrected chi connectivity index (χ4v) is 3.68. The van der Waals surface area contributed by atoms with Gasteiger partial charge in [-0.25, -0.2) is 0 Å². The highest BCUT2D eigenvalue weighted by Crippen LogP contribution is 2.27. The molecule has 1 aromatic carbocycles. The average molecular weight is 351 g/mol. The number of benzene rings is 1. The quantitative estimate of drug-likeness (QED) is 0.674. The van der Waals surface area contributed by atoms with E-state index in [1.165, 1.54) is 0 Å². The van der Waals surface area contributed by atoms with Crippen LogP contribution in [0.5, 0.6) is 5.75 Å². The van der Waals surface area contributed by atoms with Crippen molar-refractivity contribution < 1.29 is 14.3 Å². The van der Waals surface area contributed by atoms with Crippen LogP contribution in [0.15, 0.2) is 24.3 Å². The van der Waals surface area contributed by atoms with Crippen molar-refractivity contribution in [3.8, 4) is 5.75 Å². The van der Waals surface area contributed by atoms with E-state index in [-0.39, 0.29) is 11.7 Å². The molecule has 0 atom stereocenters. The van der Waals surface area contributed by atoms with Gasteiger partial charge in [0.2, 0.25) is 0 Å². The molecule has 0 radical (unpaired) electrons. The standard InChI is InChI=1S/C20H21N3O3/c1-11-18(19-16(22-11)4-3-5-17(19)24)20(25)21-10-13-8-12-9-14(26-2)6-7-15(12)23-13/h6-9,22-23H,3-5,10H2,1-2H3,(H,21,25). The number of amides is 1. The van der Waals surface area contributed by atoms with Gasteiger partial charge in [0.15, 0.2) is 5.78 Å². The normalized spacial score (nSPS) is 13.7. The summed E-state index contributed by atoms with van der Waals surface area (Å²) in [7, 11) is 1.64. The number of hydrogen-bond donors (Lipinski definition) is 3. The van der Waals surface area contributed by atoms with E-state index in [1.54, 1.807) is 7.11 Å². The summed E-state index contributed by atoms with van der Waals surface area (Å²) in [5.74, 6) is 0.630. The van der Waals surface area contributed by atoms with Crippen molar-refractivity contribution in [3.63, 3.8) is 0 Å². The SMILES string of the molecule is COc1ccc2[nH]c(CNC(=O)c3c(C)[nH]c4c3C(=O)CCC4)cc2c1. The Morgan fingerprint density at radius 2 is 2.08 bits per heavy atom. The van der Waals surface area contributed by atoms with Crippen molar-refractivity contribution in [2.45, 2.75) is 32.7 Å². The number of aromatic nitrogens is 2. The van der Waals surface area contributed by atoms with Crippen LogP contribution in [0.4, 0.5) is 0 Å². The van der Waals surface area contributed by atoms with Gasteiger partial charge in [-0.3, -0.25) is 9.59 Å². The number of hydrogen-bond acceptors (Lipinski definition) is 3. The summed E-state index contributed by atoms with van der Waals surface area (Å²) in [5.41, 5.74) is 4.59. The number of carbonyl (C=O) groups is 2. The number of ketones is 1. The van der Waals surface area contributed by atoms with Crippen LogP contribution < -0.4 is 10.1 Å². The van der Waals surface area contributed by atoms with E-state index in [0.29, 0.717) is 24.1 Å². The molecular weight excluding hydrogens is 330 g/mol. The van der Waals surface area contributed by atoms with Gasteiger partial charge in [0, 0.05) is 34.4 Å². The van der Waals surface area contributed by atoms with Crippen molar-refractivity contribution in [2.75, 3.05) is 7.11 Å². The number of H-pyrrole nitrogens is 2. The summed E-state index contributed by atoms with van der Waals surface area (Å²) in [6.45, 7) is 2.21. The first kappa shape index (κ1) is 16.4. The molecule has 4 rings (SSSR count). The van der Waals surface area contributed by atoms with Gasteiger partial charge in [0.25, 0.3) is 5.91 Å². The van der Waals surface area contributed by atoms with E-state index >= 15 is 0 Å². The van der Waals surface area contributed by atoms with E-state index in [2.05, 4.69) is 15.3 Å². The van der Waals surface area contributed by atoms with E-state index in [4.69, 9.17) is 4.74 Å². The lowest BCUT2D eigenvalue weighted by molar-refractivity contribution is 0.0925. The molecule has 2 aromatic heterocycles. The van der Waals surface area contributed by atoms with Gasteiger partial charge in [-0.2, -0.15) is 0 Å². The van der Waals surface area contributed by atoms with E-state index < -0.39 is 0 Å². The van der Waals surface area contributed by atoms with Crippen LogP contribution >= 0.6 is 0 Å². The first-order valence-electron chi connectivity index (χ1n) is 8.75. The molecule has 1 aliphatic rings. The fourth-order valence-electron chi connectivity index (χ4n) is 3.68. The molecule has 1 aliphatic carbocycles. The first-order chi connectivity index (χ1) is 12.6. The molecule has 26 heavy (non-hydrogen) atoms. The van der Waals surface area contributed by atoms with Crippen molar-refractivity contribution >= 4 is 22.6 Å². The zero-order valence-electron chi connectivity index (χ0n) is 14.9. The van der Waals surface area contributed by atoms with Crippen molar-refractivity contribution in [3.05, 3.63) is 52.5 Å². The summed E-state index contributed by atoms with van der Waals surface area (Å²) in [5, 5.41) is 3.96. The van der Waals surface area contributed by atoms with Gasteiger partial charge in [-0.05, 0) is 44.0 Å². The second-order valence-electron chi connectivity index (χ2n) is 6.69. The van der Waals surface area contributed by atoms with Gasteiger partial charge < -0.3 is 20.0 Å². The topological polar surface area (TPSA) is 87.0 Å². The average Bonchev–Trinajstić information content (AvgIpc) is 3.19. The van der Waals surface area contributed by atoms with Crippen molar-refractivity contribution in [1.29, 1.82) is 0 Å². The van der Waals surface area contributed by atoms with Gasteiger partial charge in [0.1, 0.15) is 5.75 Å². The number of methoxy groups -OCH3 is 1. The Kier molecular flexibility index (Phi) is 4.03. The van der Waals surface area contributed by atoms with Crippen LogP contribution in [0.25, 0.3) is 10.9 Å². The molecule has 3 aromatic rings. The van der Waals surface area contributed by atoms with Gasteiger partial charge in [0.05, 0.1) is 24.8 Å². The molecule has 0 saturated heterocycles. The van der Waals surface area contributed by atoms with Crippen LogP contribution in [-0.2, 0) is 13.0 Å². The summed E-state index contributed by atoms with van der Waals surface area (Å²) in [6, 6.07) is 7.78. The molecule has 0 spiro atoms. The molecule has 6 heteroatoms. The largest absolute Gasteiger partial charge is 0.497 e. The highest BCUT2D eigenvalue weighted by Gasteiger charge is 2.28. The predicted octanol–water partition coefficient (Wildman–Crippen LogP) is 3.26. The number of nitrogens with one attached hydrogen (secondary N) is 3. The molecule has 0 unspecified atom stereocenters. The van der Waals surface area contributed by atoms with Gasteiger partial charge in [-0.15, -0.1) is 0 Å². The third-order valence-electron chi connectivity index (χ3n) is 4.92. The number of fused-ring (bicyclic) bond motifs is 2. The van der Waals surface area contributed by atoms with E-state index in [0.717, 1.165) is 46.6 Å². The summed E-state index contributed by atoms with van der Waals surface area (Å²) < 4.78 is 5.24. The lowest BCUT2D eigenvalue weighted by atomic mass is 9.93. The minimum Gasteiger partial charge on any atom is -0.497 e. The van der Waals surface area contributed by atoms with Crippen LogP contribution in [0.1, 0.15) is 50.6 Å². The van der Waals surface area contributed by atoms with Crippen molar-refractivity contribution in [2.24, 2.45) is 0 Å². The maximum Gasteiger partial charge on any atom is 0.254 e. The second-order valence-corrected chi connectivity index (χ2v) is 6.69. The number of ether oxygens (including phenoxy) is 1. The Balaban J connectivity index is 1.54. The Bertz CT molecular complexity index is 1010. The highest BCUT2D eigenvalue weighted by molar-refractivity contribution is 6.10. The number of Topliss-reactive ketones (excluding diaryl/α,β-unsaturated/α-hetero) is 1. The molecule has 0 bridgehead atoms. The zero-order valence-corrected chi connectivity index (χ0v) is 14.9.